The van der Waals surface area contributed by atoms with Gasteiger partial charge < -0.3 is 5.73 Å². The van der Waals surface area contributed by atoms with Gasteiger partial charge >= 0.3 is 0 Å². The zero-order valence-electron chi connectivity index (χ0n) is 8.24. The number of anilines is 1. The van der Waals surface area contributed by atoms with Crippen molar-refractivity contribution >= 4 is 5.95 Å². The minimum Gasteiger partial charge on any atom is -0.367 e. The standard InChI is InChI=1S/C8H14F2N4/c1-8(2,3-6(9)10)4-14-5-12-7(11)13-14/h5-6H,3-4H2,1-2H3,(H2,11,13). The first kappa shape index (κ1) is 10.9. The number of nitrogens with zero attached hydrogens (tertiary/aromatic N) is 3. The quantitative estimate of drug-likeness (QED) is 0.809. The van der Waals surface area contributed by atoms with E-state index in [2.05, 4.69) is 10.1 Å². The molecule has 0 saturated carbocycles. The largest absolute Gasteiger partial charge is 0.367 e. The van der Waals surface area contributed by atoms with Crippen LogP contribution in [0.3, 0.4) is 0 Å². The van der Waals surface area contributed by atoms with E-state index in [0.29, 0.717) is 6.54 Å². The van der Waals surface area contributed by atoms with Gasteiger partial charge in [-0.1, -0.05) is 13.8 Å². The molecule has 0 spiro atoms. The molecule has 0 aliphatic rings. The number of nitrogen functional groups attached to an aromatic ring is 1. The predicted octanol–water partition coefficient (Wildman–Crippen LogP) is 1.54. The molecular formula is C8H14F2N4. The van der Waals surface area contributed by atoms with Crippen LogP contribution in [0.2, 0.25) is 0 Å². The van der Waals surface area contributed by atoms with Gasteiger partial charge in [0, 0.05) is 13.0 Å². The second-order valence-corrected chi connectivity index (χ2v) is 4.06. The predicted molar refractivity (Wildman–Crippen MR) is 48.8 cm³/mol. The van der Waals surface area contributed by atoms with Crippen LogP contribution in [0.4, 0.5) is 14.7 Å². The third-order valence-corrected chi connectivity index (χ3v) is 1.85. The van der Waals surface area contributed by atoms with E-state index in [9.17, 15) is 8.78 Å². The van der Waals surface area contributed by atoms with Crippen molar-refractivity contribution in [2.45, 2.75) is 33.2 Å². The summed E-state index contributed by atoms with van der Waals surface area (Å²) in [5.41, 5.74) is 4.80. The summed E-state index contributed by atoms with van der Waals surface area (Å²) in [7, 11) is 0. The molecule has 1 rings (SSSR count). The van der Waals surface area contributed by atoms with Gasteiger partial charge in [0.25, 0.3) is 0 Å². The van der Waals surface area contributed by atoms with Crippen LogP contribution in [0.1, 0.15) is 20.3 Å². The summed E-state index contributed by atoms with van der Waals surface area (Å²) in [6.45, 7) is 3.91. The molecule has 0 aromatic carbocycles. The first-order chi connectivity index (χ1) is 6.39. The molecule has 0 aliphatic heterocycles. The summed E-state index contributed by atoms with van der Waals surface area (Å²) in [5.74, 6) is 0.165. The van der Waals surface area contributed by atoms with Crippen molar-refractivity contribution in [3.05, 3.63) is 6.33 Å². The summed E-state index contributed by atoms with van der Waals surface area (Å²) in [6.07, 6.45) is -1.01. The van der Waals surface area contributed by atoms with E-state index in [-0.39, 0.29) is 12.4 Å². The average molecular weight is 204 g/mol. The Balaban J connectivity index is 2.58. The molecule has 1 aromatic heterocycles. The Morgan fingerprint density at radius 1 is 1.57 bits per heavy atom. The second kappa shape index (κ2) is 3.89. The van der Waals surface area contributed by atoms with Gasteiger partial charge in [-0.3, -0.25) is 4.68 Å². The highest BCUT2D eigenvalue weighted by atomic mass is 19.3. The van der Waals surface area contributed by atoms with Crippen LogP contribution in [0.15, 0.2) is 6.33 Å². The van der Waals surface area contributed by atoms with Gasteiger partial charge in [-0.15, -0.1) is 5.10 Å². The zero-order chi connectivity index (χ0) is 10.8. The molecule has 80 valence electrons. The topological polar surface area (TPSA) is 56.7 Å². The summed E-state index contributed by atoms with van der Waals surface area (Å²) < 4.78 is 25.8. The Morgan fingerprint density at radius 3 is 2.64 bits per heavy atom. The smallest absolute Gasteiger partial charge is 0.239 e. The highest BCUT2D eigenvalue weighted by Crippen LogP contribution is 2.26. The van der Waals surface area contributed by atoms with Crippen molar-refractivity contribution in [1.82, 2.24) is 14.8 Å². The molecule has 4 nitrogen and oxygen atoms in total. The van der Waals surface area contributed by atoms with Gasteiger partial charge in [-0.2, -0.15) is 0 Å². The van der Waals surface area contributed by atoms with Crippen LogP contribution in [0.5, 0.6) is 0 Å². The fourth-order valence-corrected chi connectivity index (χ4v) is 1.31. The van der Waals surface area contributed by atoms with Gasteiger partial charge in [0.2, 0.25) is 12.4 Å². The molecule has 0 unspecified atom stereocenters. The molecule has 0 bridgehead atoms. The molecule has 6 heteroatoms. The molecule has 1 heterocycles. The van der Waals surface area contributed by atoms with Crippen molar-refractivity contribution in [2.75, 3.05) is 5.73 Å². The van der Waals surface area contributed by atoms with Gasteiger partial charge in [0.05, 0.1) is 0 Å². The van der Waals surface area contributed by atoms with E-state index in [1.54, 1.807) is 13.8 Å². The molecule has 0 fully saturated rings. The molecule has 0 saturated heterocycles. The van der Waals surface area contributed by atoms with E-state index >= 15 is 0 Å². The van der Waals surface area contributed by atoms with Crippen LogP contribution in [-0.4, -0.2) is 21.2 Å². The van der Waals surface area contributed by atoms with Gasteiger partial charge in [-0.05, 0) is 5.41 Å². The first-order valence-electron chi connectivity index (χ1n) is 4.32. The van der Waals surface area contributed by atoms with Crippen molar-refractivity contribution < 1.29 is 8.78 Å². The third-order valence-electron chi connectivity index (χ3n) is 1.85. The number of aromatic nitrogens is 3. The number of rotatable bonds is 4. The van der Waals surface area contributed by atoms with Crippen LogP contribution in [-0.2, 0) is 6.54 Å². The van der Waals surface area contributed by atoms with Crippen LogP contribution >= 0.6 is 0 Å². The van der Waals surface area contributed by atoms with E-state index in [1.807, 2.05) is 0 Å². The number of hydrogen-bond acceptors (Lipinski definition) is 3. The van der Waals surface area contributed by atoms with E-state index in [0.717, 1.165) is 0 Å². The van der Waals surface area contributed by atoms with Crippen LogP contribution in [0, 0.1) is 5.41 Å². The Labute approximate surface area is 81.1 Å². The molecule has 1 aromatic rings. The lowest BCUT2D eigenvalue weighted by atomic mass is 9.90. The average Bonchev–Trinajstić information content (AvgIpc) is 2.30. The minimum atomic E-state index is -2.30. The normalized spacial score (nSPS) is 12.4. The molecule has 0 amide bonds. The highest BCUT2D eigenvalue weighted by molar-refractivity contribution is 5.09. The minimum absolute atomic E-state index is 0.160. The van der Waals surface area contributed by atoms with Crippen molar-refractivity contribution in [1.29, 1.82) is 0 Å². The van der Waals surface area contributed by atoms with Gasteiger partial charge in [0.1, 0.15) is 6.33 Å². The molecule has 0 aliphatic carbocycles. The van der Waals surface area contributed by atoms with Crippen LogP contribution < -0.4 is 5.73 Å². The van der Waals surface area contributed by atoms with E-state index in [4.69, 9.17) is 5.73 Å². The number of nitrogens with two attached hydrogens (primary N) is 1. The zero-order valence-corrected chi connectivity index (χ0v) is 8.24. The molecule has 14 heavy (non-hydrogen) atoms. The molecule has 2 N–H and O–H groups in total. The fourth-order valence-electron chi connectivity index (χ4n) is 1.31. The maximum absolute atomic E-state index is 12.2. The lowest BCUT2D eigenvalue weighted by Gasteiger charge is -2.23. The highest BCUT2D eigenvalue weighted by Gasteiger charge is 2.24. The molecule has 0 atom stereocenters. The number of halogens is 2. The molecule has 0 radical (unpaired) electrons. The first-order valence-corrected chi connectivity index (χ1v) is 4.32. The number of alkyl halides is 2. The SMILES string of the molecule is CC(C)(CC(F)F)Cn1cnc(N)n1. The van der Waals surface area contributed by atoms with Crippen LogP contribution in [0.25, 0.3) is 0 Å². The summed E-state index contributed by atoms with van der Waals surface area (Å²) in [6, 6.07) is 0. The Kier molecular flexibility index (Phi) is 3.03. The fraction of sp³-hybridized carbons (Fsp3) is 0.750. The van der Waals surface area contributed by atoms with Crippen molar-refractivity contribution in [3.63, 3.8) is 0 Å². The van der Waals surface area contributed by atoms with E-state index in [1.165, 1.54) is 11.0 Å². The summed E-state index contributed by atoms with van der Waals surface area (Å²) in [5, 5.41) is 3.84. The Bertz CT molecular complexity index is 295. The second-order valence-electron chi connectivity index (χ2n) is 4.06. The van der Waals surface area contributed by atoms with Crippen molar-refractivity contribution in [2.24, 2.45) is 5.41 Å². The lowest BCUT2D eigenvalue weighted by molar-refractivity contribution is 0.0777. The maximum Gasteiger partial charge on any atom is 0.239 e. The van der Waals surface area contributed by atoms with Crippen molar-refractivity contribution in [3.8, 4) is 0 Å². The Morgan fingerprint density at radius 2 is 2.21 bits per heavy atom. The monoisotopic (exact) mass is 204 g/mol. The van der Waals surface area contributed by atoms with Gasteiger partial charge in [0.15, 0.2) is 0 Å². The Hall–Kier alpha value is -1.20. The maximum atomic E-state index is 12.2. The summed E-state index contributed by atoms with van der Waals surface area (Å²) >= 11 is 0. The third kappa shape index (κ3) is 3.27. The van der Waals surface area contributed by atoms with E-state index < -0.39 is 11.8 Å². The molecular weight excluding hydrogens is 190 g/mol. The number of hydrogen-bond donors (Lipinski definition) is 1. The summed E-state index contributed by atoms with van der Waals surface area (Å²) in [4.78, 5) is 3.72. The van der Waals surface area contributed by atoms with Gasteiger partial charge in [-0.25, -0.2) is 13.8 Å². The lowest BCUT2D eigenvalue weighted by Crippen LogP contribution is -2.23.